The summed E-state index contributed by atoms with van der Waals surface area (Å²) >= 11 is 3.46. The second-order valence-electron chi connectivity index (χ2n) is 4.74. The molecule has 1 N–H and O–H groups in total. The molecule has 1 aliphatic rings. The van der Waals surface area contributed by atoms with Crippen LogP contribution in [0.25, 0.3) is 10.9 Å². The van der Waals surface area contributed by atoms with Gasteiger partial charge < -0.3 is 0 Å². The molecule has 2 heterocycles. The second kappa shape index (κ2) is 4.45. The van der Waals surface area contributed by atoms with Crippen molar-refractivity contribution in [2.75, 3.05) is 0 Å². The van der Waals surface area contributed by atoms with E-state index in [-0.39, 0.29) is 17.7 Å². The molecule has 2 aromatic rings. The van der Waals surface area contributed by atoms with Crippen LogP contribution in [0.1, 0.15) is 24.3 Å². The van der Waals surface area contributed by atoms with Crippen LogP contribution in [0.5, 0.6) is 0 Å². The fraction of sp³-hybridized carbons (Fsp3) is 0.308. The number of nitrogens with one attached hydrogen (secondary N) is 1. The Morgan fingerprint density at radius 3 is 2.95 bits per heavy atom. The number of nitrogens with zero attached hydrogens (tertiary/aromatic N) is 2. The number of piperidine rings is 1. The maximum Gasteiger partial charge on any atom is 0.234 e. The summed E-state index contributed by atoms with van der Waals surface area (Å²) < 4.78 is 2.64. The first-order valence-electron chi connectivity index (χ1n) is 6.01. The third-order valence-electron chi connectivity index (χ3n) is 3.33. The van der Waals surface area contributed by atoms with E-state index in [1.165, 1.54) is 0 Å². The van der Waals surface area contributed by atoms with E-state index in [0.29, 0.717) is 12.8 Å². The van der Waals surface area contributed by atoms with Gasteiger partial charge in [-0.2, -0.15) is 5.10 Å². The number of amides is 2. The Bertz CT molecular complexity index is 692. The van der Waals surface area contributed by atoms with E-state index in [2.05, 4.69) is 26.3 Å². The van der Waals surface area contributed by atoms with Crippen LogP contribution in [0, 0.1) is 0 Å². The third-order valence-corrected chi connectivity index (χ3v) is 3.79. The van der Waals surface area contributed by atoms with Crippen molar-refractivity contribution in [3.05, 3.63) is 28.4 Å². The topological polar surface area (TPSA) is 64.0 Å². The van der Waals surface area contributed by atoms with Crippen LogP contribution >= 0.6 is 15.9 Å². The van der Waals surface area contributed by atoms with Crippen molar-refractivity contribution in [2.24, 2.45) is 7.05 Å². The van der Waals surface area contributed by atoms with Gasteiger partial charge in [0.25, 0.3) is 0 Å². The van der Waals surface area contributed by atoms with E-state index < -0.39 is 0 Å². The van der Waals surface area contributed by atoms with Gasteiger partial charge in [-0.15, -0.1) is 0 Å². The molecule has 0 saturated carbocycles. The van der Waals surface area contributed by atoms with Crippen molar-refractivity contribution in [3.63, 3.8) is 0 Å². The molecule has 1 aromatic carbocycles. The van der Waals surface area contributed by atoms with Crippen LogP contribution in [0.15, 0.2) is 22.8 Å². The van der Waals surface area contributed by atoms with Crippen LogP contribution in [-0.4, -0.2) is 21.6 Å². The van der Waals surface area contributed by atoms with E-state index in [9.17, 15) is 9.59 Å². The van der Waals surface area contributed by atoms with Gasteiger partial charge in [-0.3, -0.25) is 19.6 Å². The fourth-order valence-electron chi connectivity index (χ4n) is 2.50. The van der Waals surface area contributed by atoms with Crippen molar-refractivity contribution < 1.29 is 9.59 Å². The Balaban J connectivity index is 2.13. The maximum absolute atomic E-state index is 12.0. The number of imide groups is 1. The number of fused-ring (bicyclic) bond motifs is 1. The summed E-state index contributed by atoms with van der Waals surface area (Å²) in [6.45, 7) is 0. The molecule has 1 aliphatic heterocycles. The minimum atomic E-state index is -0.312. The smallest absolute Gasteiger partial charge is 0.234 e. The number of halogens is 1. The van der Waals surface area contributed by atoms with Crippen molar-refractivity contribution in [1.29, 1.82) is 0 Å². The number of rotatable bonds is 1. The molecule has 3 rings (SSSR count). The number of aromatic nitrogens is 2. The molecular formula is C13H12BrN3O2. The number of carbonyl (C=O) groups is 2. The minimum Gasteiger partial charge on any atom is -0.296 e. The van der Waals surface area contributed by atoms with Gasteiger partial charge in [-0.05, 0) is 24.1 Å². The number of hydrogen-bond donors (Lipinski definition) is 1. The van der Waals surface area contributed by atoms with E-state index in [1.807, 2.05) is 25.4 Å². The maximum atomic E-state index is 12.0. The van der Waals surface area contributed by atoms with Crippen LogP contribution in [0.4, 0.5) is 0 Å². The summed E-state index contributed by atoms with van der Waals surface area (Å²) in [6, 6.07) is 3.88. The highest BCUT2D eigenvalue weighted by Crippen LogP contribution is 2.32. The van der Waals surface area contributed by atoms with Gasteiger partial charge in [0.1, 0.15) is 0 Å². The molecule has 6 heteroatoms. The average Bonchev–Trinajstić information content (AvgIpc) is 2.68. The van der Waals surface area contributed by atoms with Gasteiger partial charge in [-0.1, -0.05) is 15.9 Å². The monoisotopic (exact) mass is 321 g/mol. The third kappa shape index (κ3) is 2.16. The fourth-order valence-corrected chi connectivity index (χ4v) is 2.99. The van der Waals surface area contributed by atoms with E-state index in [1.54, 1.807) is 4.68 Å². The quantitative estimate of drug-likeness (QED) is 0.815. The van der Waals surface area contributed by atoms with Gasteiger partial charge in [0, 0.05) is 29.5 Å². The highest BCUT2D eigenvalue weighted by molar-refractivity contribution is 9.10. The largest absolute Gasteiger partial charge is 0.296 e. The van der Waals surface area contributed by atoms with Crippen molar-refractivity contribution >= 4 is 38.6 Å². The van der Waals surface area contributed by atoms with E-state index in [0.717, 1.165) is 20.9 Å². The zero-order valence-corrected chi connectivity index (χ0v) is 11.9. The molecule has 1 unspecified atom stereocenters. The molecule has 1 atom stereocenters. The lowest BCUT2D eigenvalue weighted by molar-refractivity contribution is -0.134. The highest BCUT2D eigenvalue weighted by Gasteiger charge is 2.30. The number of hydrogen-bond acceptors (Lipinski definition) is 3. The van der Waals surface area contributed by atoms with Crippen molar-refractivity contribution in [3.8, 4) is 0 Å². The predicted octanol–water partition coefficient (Wildman–Crippen LogP) is 1.86. The molecule has 0 aliphatic carbocycles. The van der Waals surface area contributed by atoms with Gasteiger partial charge >= 0.3 is 0 Å². The first kappa shape index (κ1) is 12.3. The standard InChI is InChI=1S/C13H12BrN3O2/c1-17-6-7-4-8(14)5-10(12(7)16-17)9-2-3-11(18)15-13(9)19/h4-6,9H,2-3H2,1H3,(H,15,18,19). The van der Waals surface area contributed by atoms with Crippen LogP contribution < -0.4 is 5.32 Å². The molecule has 0 spiro atoms. The van der Waals surface area contributed by atoms with Gasteiger partial charge in [0.2, 0.25) is 11.8 Å². The van der Waals surface area contributed by atoms with E-state index in [4.69, 9.17) is 0 Å². The lowest BCUT2D eigenvalue weighted by Gasteiger charge is -2.21. The zero-order chi connectivity index (χ0) is 13.6. The molecule has 0 bridgehead atoms. The van der Waals surface area contributed by atoms with Crippen LogP contribution in [0.3, 0.4) is 0 Å². The summed E-state index contributed by atoms with van der Waals surface area (Å²) in [4.78, 5) is 23.2. The summed E-state index contributed by atoms with van der Waals surface area (Å²) in [5.74, 6) is -0.748. The first-order chi connectivity index (χ1) is 9.04. The Hall–Kier alpha value is -1.69. The normalized spacial score (nSPS) is 19.8. The van der Waals surface area contributed by atoms with Gasteiger partial charge in [0.05, 0.1) is 11.4 Å². The molecule has 98 valence electrons. The van der Waals surface area contributed by atoms with Crippen molar-refractivity contribution in [1.82, 2.24) is 15.1 Å². The number of carbonyl (C=O) groups excluding carboxylic acids is 2. The number of benzene rings is 1. The molecular weight excluding hydrogens is 310 g/mol. The predicted molar refractivity (Wildman–Crippen MR) is 73.5 cm³/mol. The molecule has 0 radical (unpaired) electrons. The lowest BCUT2D eigenvalue weighted by Crippen LogP contribution is -2.39. The average molecular weight is 322 g/mol. The first-order valence-corrected chi connectivity index (χ1v) is 6.80. The highest BCUT2D eigenvalue weighted by atomic mass is 79.9. The van der Waals surface area contributed by atoms with Gasteiger partial charge in [0.15, 0.2) is 0 Å². The Labute approximate surface area is 118 Å². The SMILES string of the molecule is Cn1cc2cc(Br)cc(C3CCC(=O)NC3=O)c2n1. The molecule has 2 amide bonds. The minimum absolute atomic E-state index is 0.200. The van der Waals surface area contributed by atoms with Gasteiger partial charge in [-0.25, -0.2) is 0 Å². The Kier molecular flexibility index (Phi) is 2.89. The van der Waals surface area contributed by atoms with Crippen LogP contribution in [0.2, 0.25) is 0 Å². The molecule has 5 nitrogen and oxygen atoms in total. The zero-order valence-electron chi connectivity index (χ0n) is 10.3. The number of aryl methyl sites for hydroxylation is 1. The summed E-state index contributed by atoms with van der Waals surface area (Å²) in [6.07, 6.45) is 2.82. The summed E-state index contributed by atoms with van der Waals surface area (Å²) in [5.41, 5.74) is 1.69. The second-order valence-corrected chi connectivity index (χ2v) is 5.65. The molecule has 19 heavy (non-hydrogen) atoms. The lowest BCUT2D eigenvalue weighted by atomic mass is 9.89. The van der Waals surface area contributed by atoms with Crippen LogP contribution in [-0.2, 0) is 16.6 Å². The van der Waals surface area contributed by atoms with Crippen molar-refractivity contribution in [2.45, 2.75) is 18.8 Å². The summed E-state index contributed by atoms with van der Waals surface area (Å²) in [5, 5.41) is 7.79. The Morgan fingerprint density at radius 2 is 2.21 bits per heavy atom. The van der Waals surface area contributed by atoms with E-state index >= 15 is 0 Å². The molecule has 1 saturated heterocycles. The summed E-state index contributed by atoms with van der Waals surface area (Å²) in [7, 11) is 1.85. The Morgan fingerprint density at radius 1 is 1.42 bits per heavy atom. The molecule has 1 fully saturated rings. The molecule has 1 aromatic heterocycles.